The largest absolute Gasteiger partial charge is 0.497 e. The Labute approximate surface area is 170 Å². The Balaban J connectivity index is 1.67. The van der Waals surface area contributed by atoms with E-state index < -0.39 is 0 Å². The van der Waals surface area contributed by atoms with E-state index in [-0.39, 0.29) is 5.91 Å². The van der Waals surface area contributed by atoms with Gasteiger partial charge in [-0.25, -0.2) is 0 Å². The maximum atomic E-state index is 12.4. The molecule has 2 aromatic rings. The van der Waals surface area contributed by atoms with E-state index in [9.17, 15) is 4.79 Å². The summed E-state index contributed by atoms with van der Waals surface area (Å²) in [5, 5.41) is 12.6. The van der Waals surface area contributed by atoms with Gasteiger partial charge in [0, 0.05) is 18.2 Å². The van der Waals surface area contributed by atoms with Crippen molar-refractivity contribution >= 4 is 17.7 Å². The molecular weight excluding hydrogens is 372 g/mol. The number of allylic oxidation sites excluding steroid dienone is 1. The quantitative estimate of drug-likeness (QED) is 0.537. The van der Waals surface area contributed by atoms with E-state index in [1.54, 1.807) is 7.11 Å². The number of benzene rings is 1. The molecule has 0 bridgehead atoms. The van der Waals surface area contributed by atoms with Crippen molar-refractivity contribution in [1.82, 2.24) is 20.1 Å². The van der Waals surface area contributed by atoms with Crippen LogP contribution in [-0.2, 0) is 11.3 Å². The van der Waals surface area contributed by atoms with Crippen LogP contribution in [0.25, 0.3) is 11.4 Å². The number of hydrogen-bond donors (Lipinski definition) is 1. The van der Waals surface area contributed by atoms with Gasteiger partial charge in [0.05, 0.1) is 12.9 Å². The van der Waals surface area contributed by atoms with Crippen molar-refractivity contribution in [3.05, 3.63) is 36.9 Å². The van der Waals surface area contributed by atoms with Gasteiger partial charge in [0.1, 0.15) is 5.75 Å². The second-order valence-electron chi connectivity index (χ2n) is 7.16. The second-order valence-corrected chi connectivity index (χ2v) is 8.10. The minimum Gasteiger partial charge on any atom is -0.497 e. The summed E-state index contributed by atoms with van der Waals surface area (Å²) in [6, 6.07) is 7.99. The maximum Gasteiger partial charge on any atom is 0.230 e. The van der Waals surface area contributed by atoms with E-state index in [0.29, 0.717) is 24.3 Å². The molecule has 1 heterocycles. The molecule has 0 unspecified atom stereocenters. The summed E-state index contributed by atoms with van der Waals surface area (Å²) in [5.74, 6) is 2.49. The van der Waals surface area contributed by atoms with Crippen molar-refractivity contribution in [3.63, 3.8) is 0 Å². The molecule has 0 aliphatic heterocycles. The molecule has 3 rings (SSSR count). The van der Waals surface area contributed by atoms with Gasteiger partial charge in [-0.1, -0.05) is 37.6 Å². The van der Waals surface area contributed by atoms with Gasteiger partial charge in [-0.2, -0.15) is 0 Å². The zero-order valence-corrected chi connectivity index (χ0v) is 17.4. The first-order valence-corrected chi connectivity index (χ1v) is 10.7. The Hall–Kier alpha value is -2.28. The Bertz CT molecular complexity index is 803. The van der Waals surface area contributed by atoms with Gasteiger partial charge < -0.3 is 10.1 Å². The van der Waals surface area contributed by atoms with Crippen molar-refractivity contribution in [2.45, 2.75) is 50.4 Å². The Kier molecular flexibility index (Phi) is 7.14. The van der Waals surface area contributed by atoms with Crippen LogP contribution in [0.4, 0.5) is 0 Å². The summed E-state index contributed by atoms with van der Waals surface area (Å²) < 4.78 is 7.20. The Morgan fingerprint density at radius 3 is 2.75 bits per heavy atom. The Morgan fingerprint density at radius 1 is 1.32 bits per heavy atom. The summed E-state index contributed by atoms with van der Waals surface area (Å²) in [6.07, 6.45) is 6.54. The highest BCUT2D eigenvalue weighted by Crippen LogP contribution is 2.26. The standard InChI is InChI=1S/C21H28N4O2S/c1-4-13-25-20(16-9-11-17(27-3)12-10-16)23-24-21(25)28-14-19(26)22-18-8-6-5-7-15(18)2/h4,9-12,15,18H,1,5-8,13-14H2,2-3H3,(H,22,26)/t15-,18-/m0/s1. The average Bonchev–Trinajstić information content (AvgIpc) is 3.11. The molecule has 28 heavy (non-hydrogen) atoms. The highest BCUT2D eigenvalue weighted by Gasteiger charge is 2.23. The van der Waals surface area contributed by atoms with Crippen LogP contribution < -0.4 is 10.1 Å². The second kappa shape index (κ2) is 9.78. The summed E-state index contributed by atoms with van der Waals surface area (Å²) in [5.41, 5.74) is 0.947. The van der Waals surface area contributed by atoms with Crippen molar-refractivity contribution in [1.29, 1.82) is 0 Å². The molecule has 1 aromatic carbocycles. The first kappa shape index (κ1) is 20.5. The van der Waals surface area contributed by atoms with Crippen LogP contribution in [0.2, 0.25) is 0 Å². The van der Waals surface area contributed by atoms with E-state index in [4.69, 9.17) is 4.74 Å². The van der Waals surface area contributed by atoms with Crippen molar-refractivity contribution < 1.29 is 9.53 Å². The van der Waals surface area contributed by atoms with Crippen molar-refractivity contribution in [2.24, 2.45) is 5.92 Å². The van der Waals surface area contributed by atoms with Crippen LogP contribution in [0.15, 0.2) is 42.1 Å². The molecule has 1 aliphatic rings. The third-order valence-corrected chi connectivity index (χ3v) is 6.13. The lowest BCUT2D eigenvalue weighted by atomic mass is 9.86. The zero-order chi connectivity index (χ0) is 19.9. The summed E-state index contributed by atoms with van der Waals surface area (Å²) >= 11 is 1.41. The topological polar surface area (TPSA) is 69.0 Å². The third kappa shape index (κ3) is 4.95. The first-order chi connectivity index (χ1) is 13.6. The van der Waals surface area contributed by atoms with E-state index in [2.05, 4.69) is 29.0 Å². The van der Waals surface area contributed by atoms with Crippen LogP contribution in [0.3, 0.4) is 0 Å². The number of nitrogens with one attached hydrogen (secondary N) is 1. The number of hydrogen-bond acceptors (Lipinski definition) is 5. The van der Waals surface area contributed by atoms with Crippen LogP contribution in [0.1, 0.15) is 32.6 Å². The number of aromatic nitrogens is 3. The maximum absolute atomic E-state index is 12.4. The summed E-state index contributed by atoms with van der Waals surface area (Å²) in [4.78, 5) is 12.4. The molecule has 0 spiro atoms. The molecule has 1 fully saturated rings. The molecular formula is C21H28N4O2S. The van der Waals surface area contributed by atoms with Crippen LogP contribution >= 0.6 is 11.8 Å². The fourth-order valence-electron chi connectivity index (χ4n) is 3.55. The fourth-order valence-corrected chi connectivity index (χ4v) is 4.31. The van der Waals surface area contributed by atoms with Gasteiger partial charge in [-0.05, 0) is 43.0 Å². The number of rotatable bonds is 8. The lowest BCUT2D eigenvalue weighted by Crippen LogP contribution is -2.41. The lowest BCUT2D eigenvalue weighted by Gasteiger charge is -2.29. The van der Waals surface area contributed by atoms with Crippen LogP contribution in [-0.4, -0.2) is 39.6 Å². The number of carbonyl (C=O) groups excluding carboxylic acids is 1. The van der Waals surface area contributed by atoms with Gasteiger partial charge >= 0.3 is 0 Å². The molecule has 1 aliphatic carbocycles. The molecule has 1 N–H and O–H groups in total. The molecule has 1 aromatic heterocycles. The number of methoxy groups -OCH3 is 1. The monoisotopic (exact) mass is 400 g/mol. The SMILES string of the molecule is C=CCn1c(SCC(=O)N[C@H]2CCCC[C@@H]2C)nnc1-c1ccc(OC)cc1. The van der Waals surface area contributed by atoms with E-state index in [1.807, 2.05) is 34.9 Å². The predicted molar refractivity (Wildman–Crippen MR) is 112 cm³/mol. The molecule has 150 valence electrons. The number of amides is 1. The van der Waals surface area contributed by atoms with Gasteiger partial charge in [0.2, 0.25) is 5.91 Å². The number of nitrogens with zero attached hydrogens (tertiary/aromatic N) is 3. The zero-order valence-electron chi connectivity index (χ0n) is 16.6. The number of carbonyl (C=O) groups is 1. The number of thioether (sulfide) groups is 1. The summed E-state index contributed by atoms with van der Waals surface area (Å²) in [6.45, 7) is 6.64. The van der Waals surface area contributed by atoms with Crippen LogP contribution in [0.5, 0.6) is 5.75 Å². The smallest absolute Gasteiger partial charge is 0.230 e. The highest BCUT2D eigenvalue weighted by atomic mass is 32.2. The van der Waals surface area contributed by atoms with Crippen LogP contribution in [0, 0.1) is 5.92 Å². The number of ether oxygens (including phenoxy) is 1. The third-order valence-electron chi connectivity index (χ3n) is 5.17. The minimum atomic E-state index is 0.0582. The molecule has 6 nitrogen and oxygen atoms in total. The first-order valence-electron chi connectivity index (χ1n) is 9.73. The van der Waals surface area contributed by atoms with Gasteiger partial charge in [0.15, 0.2) is 11.0 Å². The molecule has 0 saturated heterocycles. The summed E-state index contributed by atoms with van der Waals surface area (Å²) in [7, 11) is 1.64. The predicted octanol–water partition coefficient (Wildman–Crippen LogP) is 3.93. The van der Waals surface area contributed by atoms with E-state index in [0.717, 1.165) is 28.7 Å². The molecule has 1 saturated carbocycles. The van der Waals surface area contributed by atoms with Crippen molar-refractivity contribution in [3.8, 4) is 17.1 Å². The van der Waals surface area contributed by atoms with E-state index >= 15 is 0 Å². The minimum absolute atomic E-state index is 0.0582. The van der Waals surface area contributed by atoms with Gasteiger partial charge in [-0.15, -0.1) is 16.8 Å². The Morgan fingerprint density at radius 2 is 2.07 bits per heavy atom. The molecule has 7 heteroatoms. The van der Waals surface area contributed by atoms with Crippen molar-refractivity contribution in [2.75, 3.05) is 12.9 Å². The van der Waals surface area contributed by atoms with Gasteiger partial charge in [0.25, 0.3) is 0 Å². The van der Waals surface area contributed by atoms with Gasteiger partial charge in [-0.3, -0.25) is 9.36 Å². The molecule has 0 radical (unpaired) electrons. The highest BCUT2D eigenvalue weighted by molar-refractivity contribution is 7.99. The normalized spacial score (nSPS) is 19.2. The lowest BCUT2D eigenvalue weighted by molar-refractivity contribution is -0.119. The fraction of sp³-hybridized carbons (Fsp3) is 0.476. The van der Waals surface area contributed by atoms with E-state index in [1.165, 1.54) is 31.0 Å². The molecule has 2 atom stereocenters. The molecule has 1 amide bonds. The average molecular weight is 401 g/mol.